The van der Waals surface area contributed by atoms with Gasteiger partial charge in [0.2, 0.25) is 5.72 Å². The number of carboxylic acid groups (broad SMARTS) is 1. The first-order chi connectivity index (χ1) is 5.14. The molecule has 0 spiro atoms. The Balaban J connectivity index is 2.20. The molecule has 0 radical (unpaired) electrons. The van der Waals surface area contributed by atoms with Crippen LogP contribution in [0, 0.1) is 0 Å². The molecule has 0 aromatic rings. The first-order valence-electron chi connectivity index (χ1n) is 3.49. The summed E-state index contributed by atoms with van der Waals surface area (Å²) in [6, 6.07) is 0. The molecule has 5 heteroatoms. The van der Waals surface area contributed by atoms with Crippen molar-refractivity contribution >= 4 is 5.97 Å². The van der Waals surface area contributed by atoms with Crippen LogP contribution in [0.25, 0.3) is 0 Å². The van der Waals surface area contributed by atoms with Crippen LogP contribution in [0.5, 0.6) is 0 Å². The van der Waals surface area contributed by atoms with Gasteiger partial charge >= 0.3 is 5.97 Å². The summed E-state index contributed by atoms with van der Waals surface area (Å²) in [5.74, 6) is -1.22. The third kappa shape index (κ3) is 0.727. The molecule has 0 aliphatic carbocycles. The van der Waals surface area contributed by atoms with Crippen LogP contribution in [0.1, 0.15) is 6.42 Å². The monoisotopic (exact) mass is 159 g/mol. The number of hydrogen-bond acceptors (Lipinski definition) is 4. The van der Waals surface area contributed by atoms with E-state index in [0.29, 0.717) is 6.54 Å². The maximum Gasteiger partial charge on any atom is 0.354 e. The van der Waals surface area contributed by atoms with Gasteiger partial charge in [-0.25, -0.2) is 9.69 Å². The molecule has 2 saturated heterocycles. The molecule has 0 saturated carbocycles. The molecular formula is C6H9NO4. The topological polar surface area (TPSA) is 70.0 Å². The molecular weight excluding hydrogens is 150 g/mol. The molecule has 2 fully saturated rings. The number of carboxylic acids is 1. The van der Waals surface area contributed by atoms with E-state index < -0.39 is 11.7 Å². The zero-order chi connectivity index (χ0) is 8.06. The first kappa shape index (κ1) is 7.02. The lowest BCUT2D eigenvalue weighted by Gasteiger charge is -2.38. The number of fused-ring (bicyclic) bond motifs is 1. The molecule has 2 aliphatic rings. The second-order valence-electron chi connectivity index (χ2n) is 2.87. The van der Waals surface area contributed by atoms with E-state index in [1.54, 1.807) is 0 Å². The molecule has 2 aliphatic heterocycles. The van der Waals surface area contributed by atoms with Crippen molar-refractivity contribution in [1.82, 2.24) is 4.90 Å². The standard InChI is InChI=1S/C6H9NO4/c8-5(9)6(10)3-11-4-1-2-7(4)6/h4,10H,1-3H2,(H,8,9). The Morgan fingerprint density at radius 2 is 2.45 bits per heavy atom. The molecule has 2 N–H and O–H groups in total. The Bertz CT molecular complexity index is 207. The molecule has 2 atom stereocenters. The quantitative estimate of drug-likeness (QED) is 0.504. The Morgan fingerprint density at radius 1 is 1.73 bits per heavy atom. The summed E-state index contributed by atoms with van der Waals surface area (Å²) in [5, 5.41) is 18.1. The molecule has 0 aromatic carbocycles. The lowest BCUT2D eigenvalue weighted by Crippen LogP contribution is -2.60. The lowest BCUT2D eigenvalue weighted by atomic mass is 10.1. The number of carbonyl (C=O) groups is 1. The van der Waals surface area contributed by atoms with Crippen LogP contribution in [-0.2, 0) is 9.53 Å². The van der Waals surface area contributed by atoms with Crippen LogP contribution >= 0.6 is 0 Å². The molecule has 2 heterocycles. The van der Waals surface area contributed by atoms with Crippen LogP contribution < -0.4 is 0 Å². The predicted octanol–water partition coefficient (Wildman–Crippen LogP) is -1.18. The predicted molar refractivity (Wildman–Crippen MR) is 33.6 cm³/mol. The van der Waals surface area contributed by atoms with E-state index in [1.165, 1.54) is 4.90 Å². The van der Waals surface area contributed by atoms with Crippen molar-refractivity contribution in [3.05, 3.63) is 0 Å². The number of aliphatic carboxylic acids is 1. The van der Waals surface area contributed by atoms with E-state index in [9.17, 15) is 9.90 Å². The van der Waals surface area contributed by atoms with Gasteiger partial charge in [-0.1, -0.05) is 0 Å². The van der Waals surface area contributed by atoms with Crippen molar-refractivity contribution in [1.29, 1.82) is 0 Å². The Labute approximate surface area is 63.2 Å². The van der Waals surface area contributed by atoms with Crippen LogP contribution in [0.15, 0.2) is 0 Å². The molecule has 0 aromatic heterocycles. The highest BCUT2D eigenvalue weighted by atomic mass is 16.6. The SMILES string of the molecule is O=C(O)C1(O)COC2CCN21. The molecule has 62 valence electrons. The Hall–Kier alpha value is -0.650. The second-order valence-corrected chi connectivity index (χ2v) is 2.87. The van der Waals surface area contributed by atoms with Crippen LogP contribution in [0.2, 0.25) is 0 Å². The largest absolute Gasteiger partial charge is 0.478 e. The smallest absolute Gasteiger partial charge is 0.354 e. The van der Waals surface area contributed by atoms with Crippen molar-refractivity contribution in [3.63, 3.8) is 0 Å². The van der Waals surface area contributed by atoms with E-state index in [0.717, 1.165) is 6.42 Å². The Morgan fingerprint density at radius 3 is 2.73 bits per heavy atom. The van der Waals surface area contributed by atoms with Gasteiger partial charge in [0.1, 0.15) is 12.8 Å². The average molecular weight is 159 g/mol. The van der Waals surface area contributed by atoms with E-state index in [4.69, 9.17) is 9.84 Å². The fraction of sp³-hybridized carbons (Fsp3) is 0.833. The van der Waals surface area contributed by atoms with Gasteiger partial charge in [0.05, 0.1) is 0 Å². The van der Waals surface area contributed by atoms with Crippen molar-refractivity contribution in [2.45, 2.75) is 18.4 Å². The van der Waals surface area contributed by atoms with Gasteiger partial charge < -0.3 is 14.9 Å². The minimum atomic E-state index is -1.76. The lowest BCUT2D eigenvalue weighted by molar-refractivity contribution is -0.185. The van der Waals surface area contributed by atoms with Crippen LogP contribution in [-0.4, -0.2) is 46.2 Å². The molecule has 0 amide bonds. The van der Waals surface area contributed by atoms with Gasteiger partial charge in [-0.3, -0.25) is 0 Å². The minimum absolute atomic E-state index is 0.118. The van der Waals surface area contributed by atoms with E-state index in [2.05, 4.69) is 0 Å². The summed E-state index contributed by atoms with van der Waals surface area (Å²) in [5.41, 5.74) is -1.76. The molecule has 0 bridgehead atoms. The highest BCUT2D eigenvalue weighted by molar-refractivity contribution is 5.77. The van der Waals surface area contributed by atoms with Gasteiger partial charge in [-0.15, -0.1) is 0 Å². The fourth-order valence-electron chi connectivity index (χ4n) is 1.44. The van der Waals surface area contributed by atoms with Crippen molar-refractivity contribution < 1.29 is 19.7 Å². The maximum atomic E-state index is 10.5. The molecule has 2 unspecified atom stereocenters. The highest BCUT2D eigenvalue weighted by Gasteiger charge is 2.56. The Kier molecular flexibility index (Phi) is 1.24. The third-order valence-corrected chi connectivity index (χ3v) is 2.26. The zero-order valence-corrected chi connectivity index (χ0v) is 5.86. The number of aliphatic hydroxyl groups is 1. The van der Waals surface area contributed by atoms with Crippen molar-refractivity contribution in [2.24, 2.45) is 0 Å². The van der Waals surface area contributed by atoms with Gasteiger partial charge in [0.15, 0.2) is 0 Å². The van der Waals surface area contributed by atoms with Gasteiger partial charge in [0, 0.05) is 13.0 Å². The van der Waals surface area contributed by atoms with E-state index in [-0.39, 0.29) is 12.8 Å². The van der Waals surface area contributed by atoms with Crippen LogP contribution in [0.3, 0.4) is 0 Å². The summed E-state index contributed by atoms with van der Waals surface area (Å²) in [6.07, 6.45) is 0.645. The number of rotatable bonds is 1. The normalized spacial score (nSPS) is 43.2. The minimum Gasteiger partial charge on any atom is -0.478 e. The molecule has 11 heavy (non-hydrogen) atoms. The van der Waals surface area contributed by atoms with Gasteiger partial charge in [-0.2, -0.15) is 0 Å². The van der Waals surface area contributed by atoms with Crippen molar-refractivity contribution in [2.75, 3.05) is 13.2 Å². The second kappa shape index (κ2) is 1.94. The van der Waals surface area contributed by atoms with Gasteiger partial charge in [-0.05, 0) is 0 Å². The van der Waals surface area contributed by atoms with Gasteiger partial charge in [0.25, 0.3) is 0 Å². The zero-order valence-electron chi connectivity index (χ0n) is 5.86. The maximum absolute atomic E-state index is 10.5. The highest BCUT2D eigenvalue weighted by Crippen LogP contribution is 2.34. The fourth-order valence-corrected chi connectivity index (χ4v) is 1.44. The summed E-state index contributed by atoms with van der Waals surface area (Å²) >= 11 is 0. The summed E-state index contributed by atoms with van der Waals surface area (Å²) in [7, 11) is 0. The number of hydrogen-bond donors (Lipinski definition) is 2. The summed E-state index contributed by atoms with van der Waals surface area (Å²) in [6.45, 7) is 0.487. The van der Waals surface area contributed by atoms with Crippen molar-refractivity contribution in [3.8, 4) is 0 Å². The first-order valence-corrected chi connectivity index (χ1v) is 3.49. The number of ether oxygens (including phenoxy) is 1. The van der Waals surface area contributed by atoms with E-state index in [1.807, 2.05) is 0 Å². The number of nitrogens with zero attached hydrogens (tertiary/aromatic N) is 1. The van der Waals surface area contributed by atoms with E-state index >= 15 is 0 Å². The molecule has 2 rings (SSSR count). The average Bonchev–Trinajstić information content (AvgIpc) is 2.04. The third-order valence-electron chi connectivity index (χ3n) is 2.26. The summed E-state index contributed by atoms with van der Waals surface area (Å²) < 4.78 is 5.02. The summed E-state index contributed by atoms with van der Waals surface area (Å²) in [4.78, 5) is 12.0. The van der Waals surface area contributed by atoms with Crippen LogP contribution in [0.4, 0.5) is 0 Å². The molecule has 5 nitrogen and oxygen atoms in total.